The highest BCUT2D eigenvalue weighted by Crippen LogP contribution is 2.17. The third-order valence-electron chi connectivity index (χ3n) is 3.11. The van der Waals surface area contributed by atoms with E-state index in [1.54, 1.807) is 6.20 Å². The van der Waals surface area contributed by atoms with Crippen molar-refractivity contribution in [1.29, 1.82) is 0 Å². The van der Waals surface area contributed by atoms with Crippen LogP contribution >= 0.6 is 0 Å². The van der Waals surface area contributed by atoms with Crippen LogP contribution < -0.4 is 15.2 Å². The van der Waals surface area contributed by atoms with Gasteiger partial charge >= 0.3 is 0 Å². The van der Waals surface area contributed by atoms with Crippen LogP contribution in [0.5, 0.6) is 11.5 Å². The highest BCUT2D eigenvalue weighted by molar-refractivity contribution is 5.32. The Bertz CT molecular complexity index is 552. The zero-order valence-electron chi connectivity index (χ0n) is 12.7. The Morgan fingerprint density at radius 1 is 1.19 bits per heavy atom. The van der Waals surface area contributed by atoms with Crippen molar-refractivity contribution < 1.29 is 9.47 Å². The Kier molecular flexibility index (Phi) is 5.63. The maximum absolute atomic E-state index is 5.73. The van der Waals surface area contributed by atoms with E-state index in [1.807, 2.05) is 35.1 Å². The van der Waals surface area contributed by atoms with Crippen LogP contribution in [0.2, 0.25) is 0 Å². The van der Waals surface area contributed by atoms with Gasteiger partial charge in [-0.1, -0.05) is 18.2 Å². The van der Waals surface area contributed by atoms with Gasteiger partial charge in [-0.05, 0) is 19.9 Å². The van der Waals surface area contributed by atoms with Crippen LogP contribution in [0.25, 0.3) is 0 Å². The Labute approximate surface area is 125 Å². The van der Waals surface area contributed by atoms with Gasteiger partial charge in [0.1, 0.15) is 5.75 Å². The zero-order chi connectivity index (χ0) is 15.1. The van der Waals surface area contributed by atoms with E-state index in [4.69, 9.17) is 15.2 Å². The van der Waals surface area contributed by atoms with Crippen molar-refractivity contribution in [2.45, 2.75) is 32.9 Å². The zero-order valence-corrected chi connectivity index (χ0v) is 12.7. The lowest BCUT2D eigenvalue weighted by molar-refractivity contribution is 0.246. The average Bonchev–Trinajstić information content (AvgIpc) is 2.96. The topological polar surface area (TPSA) is 62.3 Å². The first-order valence-electron chi connectivity index (χ1n) is 7.28. The molecular weight excluding hydrogens is 266 g/mol. The molecule has 5 nitrogen and oxygen atoms in total. The van der Waals surface area contributed by atoms with E-state index < -0.39 is 0 Å². The van der Waals surface area contributed by atoms with Crippen molar-refractivity contribution >= 4 is 0 Å². The molecule has 0 saturated heterocycles. The van der Waals surface area contributed by atoms with Crippen LogP contribution in [0.15, 0.2) is 36.7 Å². The average molecular weight is 289 g/mol. The molecule has 2 N–H and O–H groups in total. The molecule has 2 aromatic rings. The molecule has 0 fully saturated rings. The van der Waals surface area contributed by atoms with E-state index in [0.717, 1.165) is 23.5 Å². The van der Waals surface area contributed by atoms with E-state index in [-0.39, 0.29) is 0 Å². The molecule has 0 aliphatic rings. The predicted molar refractivity (Wildman–Crippen MR) is 82.6 cm³/mol. The SMILES string of the molecule is CC(C)n1cc(OCCCOc2ccccc2CN)cn1. The number of nitrogens with two attached hydrogens (primary N) is 1. The maximum atomic E-state index is 5.73. The number of hydrogen-bond donors (Lipinski definition) is 1. The van der Waals surface area contributed by atoms with Crippen molar-refractivity contribution in [2.75, 3.05) is 13.2 Å². The second-order valence-corrected chi connectivity index (χ2v) is 5.11. The van der Waals surface area contributed by atoms with Crippen molar-refractivity contribution in [3.63, 3.8) is 0 Å². The standard InChI is InChI=1S/C16H23N3O2/c1-13(2)19-12-15(11-18-19)20-8-5-9-21-16-7-4-3-6-14(16)10-17/h3-4,6-7,11-13H,5,8-10,17H2,1-2H3. The molecule has 0 unspecified atom stereocenters. The molecule has 1 aromatic carbocycles. The Morgan fingerprint density at radius 3 is 2.67 bits per heavy atom. The predicted octanol–water partition coefficient (Wildman–Crippen LogP) is 2.77. The summed E-state index contributed by atoms with van der Waals surface area (Å²) in [5.74, 6) is 1.65. The number of ether oxygens (including phenoxy) is 2. The molecule has 5 heteroatoms. The molecule has 114 valence electrons. The van der Waals surface area contributed by atoms with Crippen LogP contribution in [-0.4, -0.2) is 23.0 Å². The molecule has 0 radical (unpaired) electrons. The van der Waals surface area contributed by atoms with Gasteiger partial charge < -0.3 is 15.2 Å². The fourth-order valence-electron chi connectivity index (χ4n) is 1.92. The number of aromatic nitrogens is 2. The molecule has 0 atom stereocenters. The summed E-state index contributed by atoms with van der Waals surface area (Å²) in [6.45, 7) is 5.87. The summed E-state index contributed by atoms with van der Waals surface area (Å²) in [5, 5.41) is 4.23. The number of benzene rings is 1. The van der Waals surface area contributed by atoms with Crippen molar-refractivity contribution in [3.8, 4) is 11.5 Å². The molecule has 0 aliphatic carbocycles. The molecule has 0 spiro atoms. The number of nitrogens with zero attached hydrogens (tertiary/aromatic N) is 2. The van der Waals surface area contributed by atoms with E-state index in [2.05, 4.69) is 18.9 Å². The van der Waals surface area contributed by atoms with E-state index >= 15 is 0 Å². The van der Waals surface area contributed by atoms with Crippen LogP contribution in [0.1, 0.15) is 31.9 Å². The number of hydrogen-bond acceptors (Lipinski definition) is 4. The first kappa shape index (κ1) is 15.4. The Morgan fingerprint density at radius 2 is 1.95 bits per heavy atom. The lowest BCUT2D eigenvalue weighted by Gasteiger charge is -2.10. The minimum Gasteiger partial charge on any atom is -0.493 e. The Balaban J connectivity index is 1.70. The van der Waals surface area contributed by atoms with Crippen molar-refractivity contribution in [1.82, 2.24) is 9.78 Å². The lowest BCUT2D eigenvalue weighted by atomic mass is 10.2. The smallest absolute Gasteiger partial charge is 0.157 e. The van der Waals surface area contributed by atoms with Gasteiger partial charge in [0, 0.05) is 24.6 Å². The van der Waals surface area contributed by atoms with E-state index in [9.17, 15) is 0 Å². The second kappa shape index (κ2) is 7.69. The monoisotopic (exact) mass is 289 g/mol. The normalized spacial score (nSPS) is 10.9. The molecule has 1 heterocycles. The molecule has 0 bridgehead atoms. The van der Waals surface area contributed by atoms with E-state index in [0.29, 0.717) is 25.8 Å². The van der Waals surface area contributed by atoms with Gasteiger partial charge in [-0.3, -0.25) is 4.68 Å². The van der Waals surface area contributed by atoms with Crippen LogP contribution in [0, 0.1) is 0 Å². The highest BCUT2D eigenvalue weighted by Gasteiger charge is 2.03. The summed E-state index contributed by atoms with van der Waals surface area (Å²) in [6, 6.07) is 8.18. The largest absolute Gasteiger partial charge is 0.493 e. The molecule has 0 aliphatic heterocycles. The van der Waals surface area contributed by atoms with Crippen molar-refractivity contribution in [2.24, 2.45) is 5.73 Å². The van der Waals surface area contributed by atoms with Gasteiger partial charge in [-0.2, -0.15) is 5.10 Å². The number of rotatable bonds is 8. The molecule has 2 rings (SSSR count). The third kappa shape index (κ3) is 4.49. The summed E-state index contributed by atoms with van der Waals surface area (Å²) in [7, 11) is 0. The minimum atomic E-state index is 0.346. The summed E-state index contributed by atoms with van der Waals surface area (Å²) in [4.78, 5) is 0. The minimum absolute atomic E-state index is 0.346. The lowest BCUT2D eigenvalue weighted by Crippen LogP contribution is -2.07. The second-order valence-electron chi connectivity index (χ2n) is 5.11. The summed E-state index contributed by atoms with van der Waals surface area (Å²) >= 11 is 0. The van der Waals surface area contributed by atoms with Gasteiger partial charge in [0.2, 0.25) is 0 Å². The van der Waals surface area contributed by atoms with E-state index in [1.165, 1.54) is 0 Å². The highest BCUT2D eigenvalue weighted by atomic mass is 16.5. The van der Waals surface area contributed by atoms with Gasteiger partial charge in [0.05, 0.1) is 25.6 Å². The van der Waals surface area contributed by atoms with Crippen LogP contribution in [0.4, 0.5) is 0 Å². The molecular formula is C16H23N3O2. The quantitative estimate of drug-likeness (QED) is 0.759. The van der Waals surface area contributed by atoms with Crippen LogP contribution in [-0.2, 0) is 6.54 Å². The molecule has 0 saturated carbocycles. The fraction of sp³-hybridized carbons (Fsp3) is 0.438. The molecule has 21 heavy (non-hydrogen) atoms. The Hall–Kier alpha value is -2.01. The van der Waals surface area contributed by atoms with Crippen LogP contribution in [0.3, 0.4) is 0 Å². The van der Waals surface area contributed by atoms with Gasteiger partial charge in [0.15, 0.2) is 5.75 Å². The first-order chi connectivity index (χ1) is 10.2. The van der Waals surface area contributed by atoms with Gasteiger partial charge in [0.25, 0.3) is 0 Å². The molecule has 0 amide bonds. The summed E-state index contributed by atoms with van der Waals surface area (Å²) < 4.78 is 13.3. The van der Waals surface area contributed by atoms with Gasteiger partial charge in [-0.25, -0.2) is 0 Å². The fourth-order valence-corrected chi connectivity index (χ4v) is 1.92. The van der Waals surface area contributed by atoms with Gasteiger partial charge in [-0.15, -0.1) is 0 Å². The summed E-state index contributed by atoms with van der Waals surface area (Å²) in [6.07, 6.45) is 4.46. The third-order valence-corrected chi connectivity index (χ3v) is 3.11. The van der Waals surface area contributed by atoms with Crippen molar-refractivity contribution in [3.05, 3.63) is 42.2 Å². The molecule has 1 aromatic heterocycles. The summed E-state index contributed by atoms with van der Waals surface area (Å²) in [5.41, 5.74) is 6.69. The maximum Gasteiger partial charge on any atom is 0.157 e. The first-order valence-corrected chi connectivity index (χ1v) is 7.28. The number of para-hydroxylation sites is 1.